The number of carbonyl (C=O) groups is 2. The van der Waals surface area contributed by atoms with Crippen molar-refractivity contribution in [1.29, 1.82) is 0 Å². The van der Waals surface area contributed by atoms with E-state index in [0.29, 0.717) is 12.8 Å². The quantitative estimate of drug-likeness (QED) is 0.180. The first-order valence-corrected chi connectivity index (χ1v) is 12.7. The van der Waals surface area contributed by atoms with E-state index in [1.807, 2.05) is 6.26 Å². The molecule has 0 aliphatic heterocycles. The fraction of sp³-hybridized carbons (Fsp3) is 0.826. The number of unbranched alkanes of at least 4 members (excludes halogenated alkanes) is 11. The Balaban J connectivity index is 3.47. The molecule has 5 heteroatoms. The third kappa shape index (κ3) is 18.4. The van der Waals surface area contributed by atoms with E-state index in [4.69, 9.17) is 5.11 Å². The predicted molar refractivity (Wildman–Crippen MR) is 122 cm³/mol. The molecule has 0 spiro atoms. The number of aliphatic carboxylic acids is 1. The van der Waals surface area contributed by atoms with Gasteiger partial charge in [0.2, 0.25) is 5.91 Å². The van der Waals surface area contributed by atoms with Gasteiger partial charge < -0.3 is 10.4 Å². The van der Waals surface area contributed by atoms with Gasteiger partial charge in [-0.25, -0.2) is 4.79 Å². The molecule has 0 aliphatic rings. The molecule has 0 aromatic heterocycles. The first kappa shape index (κ1) is 27.0. The van der Waals surface area contributed by atoms with Crippen LogP contribution in [0.1, 0.15) is 103 Å². The highest BCUT2D eigenvalue weighted by Crippen LogP contribution is 2.10. The summed E-state index contributed by atoms with van der Waals surface area (Å²) >= 11 is 1.59. The lowest BCUT2D eigenvalue weighted by molar-refractivity contribution is -0.141. The van der Waals surface area contributed by atoms with Gasteiger partial charge in [-0.1, -0.05) is 70.4 Å². The van der Waals surface area contributed by atoms with Crippen LogP contribution in [0.5, 0.6) is 0 Å². The van der Waals surface area contributed by atoms with E-state index in [1.165, 1.54) is 57.8 Å². The molecule has 1 atom stereocenters. The normalized spacial score (nSPS) is 12.4. The SMILES string of the molecule is CCCCCCCC/C=C\CCCCCCCC(=O)N[C@@H](CCSC)C(=O)O. The fourth-order valence-corrected chi connectivity index (χ4v) is 3.59. The molecule has 0 radical (unpaired) electrons. The zero-order valence-electron chi connectivity index (χ0n) is 18.2. The number of thioether (sulfide) groups is 1. The van der Waals surface area contributed by atoms with E-state index in [9.17, 15) is 9.59 Å². The van der Waals surface area contributed by atoms with Crippen LogP contribution in [-0.2, 0) is 9.59 Å². The van der Waals surface area contributed by atoms with Crippen molar-refractivity contribution in [1.82, 2.24) is 5.32 Å². The third-order valence-electron chi connectivity index (χ3n) is 4.91. The molecule has 0 bridgehead atoms. The zero-order chi connectivity index (χ0) is 20.9. The van der Waals surface area contributed by atoms with Crippen LogP contribution in [0.25, 0.3) is 0 Å². The number of hydrogen-bond acceptors (Lipinski definition) is 3. The summed E-state index contributed by atoms with van der Waals surface area (Å²) < 4.78 is 0. The lowest BCUT2D eigenvalue weighted by Gasteiger charge is -2.13. The van der Waals surface area contributed by atoms with Gasteiger partial charge in [-0.05, 0) is 50.5 Å². The standard InChI is InChI=1S/C23H43NO3S/c1-3-4-5-6-7-8-9-10-11-12-13-14-15-16-17-18-22(25)24-21(23(26)27)19-20-28-2/h10-11,21H,3-9,12-20H2,1-2H3,(H,24,25)(H,26,27)/b11-10-/t21-/m0/s1. The Bertz CT molecular complexity index is 413. The fourth-order valence-electron chi connectivity index (χ4n) is 3.12. The van der Waals surface area contributed by atoms with Gasteiger partial charge in [-0.15, -0.1) is 0 Å². The monoisotopic (exact) mass is 413 g/mol. The number of carboxylic acids is 1. The third-order valence-corrected chi connectivity index (χ3v) is 5.55. The average molecular weight is 414 g/mol. The second kappa shape index (κ2) is 20.8. The highest BCUT2D eigenvalue weighted by Gasteiger charge is 2.18. The number of hydrogen-bond donors (Lipinski definition) is 2. The van der Waals surface area contributed by atoms with Crippen LogP contribution in [0.2, 0.25) is 0 Å². The van der Waals surface area contributed by atoms with Crippen molar-refractivity contribution >= 4 is 23.6 Å². The van der Waals surface area contributed by atoms with Crippen molar-refractivity contribution in [3.63, 3.8) is 0 Å². The maximum atomic E-state index is 11.9. The predicted octanol–water partition coefficient (Wildman–Crippen LogP) is 6.35. The first-order chi connectivity index (χ1) is 13.6. The van der Waals surface area contributed by atoms with Crippen LogP contribution in [0.4, 0.5) is 0 Å². The van der Waals surface area contributed by atoms with Crippen molar-refractivity contribution in [3.05, 3.63) is 12.2 Å². The van der Waals surface area contributed by atoms with Crippen LogP contribution in [-0.4, -0.2) is 35.0 Å². The lowest BCUT2D eigenvalue weighted by Crippen LogP contribution is -2.41. The Morgan fingerprint density at radius 1 is 0.893 bits per heavy atom. The summed E-state index contributed by atoms with van der Waals surface area (Å²) in [4.78, 5) is 23.0. The Morgan fingerprint density at radius 2 is 1.43 bits per heavy atom. The molecular formula is C23H43NO3S. The highest BCUT2D eigenvalue weighted by atomic mass is 32.2. The summed E-state index contributed by atoms with van der Waals surface area (Å²) in [5.41, 5.74) is 0. The lowest BCUT2D eigenvalue weighted by atomic mass is 10.1. The van der Waals surface area contributed by atoms with E-state index in [2.05, 4.69) is 24.4 Å². The Hall–Kier alpha value is -0.970. The number of carbonyl (C=O) groups excluding carboxylic acids is 1. The minimum atomic E-state index is -0.938. The molecule has 1 amide bonds. The summed E-state index contributed by atoms with van der Waals surface area (Å²) in [6.07, 6.45) is 23.5. The van der Waals surface area contributed by atoms with Gasteiger partial charge in [0.15, 0.2) is 0 Å². The average Bonchev–Trinajstić information content (AvgIpc) is 2.67. The van der Waals surface area contributed by atoms with Crippen LogP contribution >= 0.6 is 11.8 Å². The van der Waals surface area contributed by atoms with Gasteiger partial charge in [-0.3, -0.25) is 4.79 Å². The smallest absolute Gasteiger partial charge is 0.326 e. The molecule has 0 saturated heterocycles. The van der Waals surface area contributed by atoms with E-state index < -0.39 is 12.0 Å². The van der Waals surface area contributed by atoms with Crippen LogP contribution in [0.15, 0.2) is 12.2 Å². The Kier molecular flexibility index (Phi) is 20.0. The van der Waals surface area contributed by atoms with E-state index in [0.717, 1.165) is 31.4 Å². The van der Waals surface area contributed by atoms with Crippen molar-refractivity contribution in [2.24, 2.45) is 0 Å². The highest BCUT2D eigenvalue weighted by molar-refractivity contribution is 7.98. The van der Waals surface area contributed by atoms with Gasteiger partial charge in [0.05, 0.1) is 0 Å². The summed E-state index contributed by atoms with van der Waals surface area (Å²) in [7, 11) is 0. The number of rotatable bonds is 20. The van der Waals surface area contributed by atoms with Crippen LogP contribution in [0, 0.1) is 0 Å². The largest absolute Gasteiger partial charge is 0.480 e. The number of carboxylic acid groups (broad SMARTS) is 1. The minimum absolute atomic E-state index is 0.133. The maximum absolute atomic E-state index is 11.9. The first-order valence-electron chi connectivity index (χ1n) is 11.3. The summed E-state index contributed by atoms with van der Waals surface area (Å²) in [6.45, 7) is 2.25. The second-order valence-corrected chi connectivity index (χ2v) is 8.56. The van der Waals surface area contributed by atoms with Gasteiger partial charge in [-0.2, -0.15) is 11.8 Å². The molecule has 2 N–H and O–H groups in total. The zero-order valence-corrected chi connectivity index (χ0v) is 19.0. The Labute approximate surface area is 177 Å². The molecule has 0 rings (SSSR count). The van der Waals surface area contributed by atoms with E-state index >= 15 is 0 Å². The van der Waals surface area contributed by atoms with Gasteiger partial charge in [0.1, 0.15) is 6.04 Å². The molecular weight excluding hydrogens is 370 g/mol. The van der Waals surface area contributed by atoms with Gasteiger partial charge >= 0.3 is 5.97 Å². The Morgan fingerprint density at radius 3 is 1.96 bits per heavy atom. The maximum Gasteiger partial charge on any atom is 0.326 e. The molecule has 4 nitrogen and oxygen atoms in total. The van der Waals surface area contributed by atoms with Gasteiger partial charge in [0.25, 0.3) is 0 Å². The molecule has 0 fully saturated rings. The molecule has 0 aromatic rings. The van der Waals surface area contributed by atoms with E-state index in [-0.39, 0.29) is 5.91 Å². The van der Waals surface area contributed by atoms with Crippen LogP contribution in [0.3, 0.4) is 0 Å². The molecule has 0 heterocycles. The van der Waals surface area contributed by atoms with Crippen LogP contribution < -0.4 is 5.32 Å². The molecule has 164 valence electrons. The summed E-state index contributed by atoms with van der Waals surface area (Å²) in [5, 5.41) is 11.8. The number of allylic oxidation sites excluding steroid dienone is 2. The number of nitrogens with one attached hydrogen (secondary N) is 1. The molecule has 0 aliphatic carbocycles. The van der Waals surface area contributed by atoms with Gasteiger partial charge in [0, 0.05) is 6.42 Å². The van der Waals surface area contributed by atoms with Crippen molar-refractivity contribution in [2.75, 3.05) is 12.0 Å². The molecule has 0 saturated carbocycles. The molecule has 28 heavy (non-hydrogen) atoms. The second-order valence-electron chi connectivity index (χ2n) is 7.57. The number of amides is 1. The van der Waals surface area contributed by atoms with E-state index in [1.54, 1.807) is 11.8 Å². The topological polar surface area (TPSA) is 66.4 Å². The minimum Gasteiger partial charge on any atom is -0.480 e. The van der Waals surface area contributed by atoms with Crippen molar-refractivity contribution < 1.29 is 14.7 Å². The molecule has 0 aromatic carbocycles. The van der Waals surface area contributed by atoms with Crippen molar-refractivity contribution in [2.45, 2.75) is 109 Å². The molecule has 0 unspecified atom stereocenters. The van der Waals surface area contributed by atoms with Crippen molar-refractivity contribution in [3.8, 4) is 0 Å². The summed E-state index contributed by atoms with van der Waals surface area (Å²) in [6, 6.07) is -0.747. The summed E-state index contributed by atoms with van der Waals surface area (Å²) in [5.74, 6) is -0.330.